The Balaban J connectivity index is 1.43. The predicted molar refractivity (Wildman–Crippen MR) is 91.5 cm³/mol. The SMILES string of the molecule is O=C(NCCc1ccccc1)C(=O)NN=Cc1ccc2c(c1)OCO2. The molecule has 0 aromatic heterocycles. The zero-order chi connectivity index (χ0) is 17.5. The second-order valence-corrected chi connectivity index (χ2v) is 5.30. The Labute approximate surface area is 144 Å². The molecule has 0 bridgehead atoms. The van der Waals surface area contributed by atoms with E-state index >= 15 is 0 Å². The zero-order valence-corrected chi connectivity index (χ0v) is 13.4. The van der Waals surface area contributed by atoms with E-state index in [-0.39, 0.29) is 6.79 Å². The number of hydrogen-bond acceptors (Lipinski definition) is 5. The number of hydrogen-bond donors (Lipinski definition) is 2. The number of benzene rings is 2. The van der Waals surface area contributed by atoms with E-state index in [2.05, 4.69) is 15.8 Å². The fourth-order valence-corrected chi connectivity index (χ4v) is 2.25. The van der Waals surface area contributed by atoms with Crippen LogP contribution in [0.2, 0.25) is 0 Å². The minimum absolute atomic E-state index is 0.190. The number of ether oxygens (including phenoxy) is 2. The summed E-state index contributed by atoms with van der Waals surface area (Å²) in [6.07, 6.45) is 2.08. The normalized spacial score (nSPS) is 12.2. The monoisotopic (exact) mass is 339 g/mol. The summed E-state index contributed by atoms with van der Waals surface area (Å²) in [5.41, 5.74) is 4.00. The molecule has 2 amide bonds. The van der Waals surface area contributed by atoms with Gasteiger partial charge < -0.3 is 14.8 Å². The van der Waals surface area contributed by atoms with Crippen molar-refractivity contribution in [3.8, 4) is 11.5 Å². The van der Waals surface area contributed by atoms with Crippen LogP contribution in [0.15, 0.2) is 53.6 Å². The number of hydrazone groups is 1. The molecule has 0 fully saturated rings. The van der Waals surface area contributed by atoms with Crippen molar-refractivity contribution in [1.82, 2.24) is 10.7 Å². The van der Waals surface area contributed by atoms with Crippen molar-refractivity contribution >= 4 is 18.0 Å². The van der Waals surface area contributed by atoms with Gasteiger partial charge in [-0.25, -0.2) is 5.43 Å². The van der Waals surface area contributed by atoms with E-state index in [0.717, 1.165) is 5.56 Å². The lowest BCUT2D eigenvalue weighted by Gasteiger charge is -2.04. The van der Waals surface area contributed by atoms with E-state index in [1.165, 1.54) is 6.21 Å². The maximum atomic E-state index is 11.7. The van der Waals surface area contributed by atoms with Gasteiger partial charge in [0.25, 0.3) is 0 Å². The molecule has 0 atom stereocenters. The maximum absolute atomic E-state index is 11.7. The molecule has 3 rings (SSSR count). The standard InChI is InChI=1S/C18H17N3O4/c22-17(19-9-8-13-4-2-1-3-5-13)18(23)21-20-11-14-6-7-15-16(10-14)25-12-24-15/h1-7,10-11H,8-9,12H2,(H,19,22)(H,21,23). The lowest BCUT2D eigenvalue weighted by atomic mass is 10.1. The molecule has 2 N–H and O–H groups in total. The van der Waals surface area contributed by atoms with E-state index in [4.69, 9.17) is 9.47 Å². The molecule has 2 aromatic carbocycles. The molecular weight excluding hydrogens is 322 g/mol. The Hall–Kier alpha value is -3.35. The van der Waals surface area contributed by atoms with Crippen molar-refractivity contribution in [3.63, 3.8) is 0 Å². The summed E-state index contributed by atoms with van der Waals surface area (Å²) in [6.45, 7) is 0.567. The van der Waals surface area contributed by atoms with E-state index in [1.807, 2.05) is 30.3 Å². The van der Waals surface area contributed by atoms with Crippen molar-refractivity contribution in [1.29, 1.82) is 0 Å². The molecule has 128 valence electrons. The summed E-state index contributed by atoms with van der Waals surface area (Å²) in [6, 6.07) is 14.9. The summed E-state index contributed by atoms with van der Waals surface area (Å²) in [5.74, 6) is -0.253. The van der Waals surface area contributed by atoms with Crippen LogP contribution in [-0.4, -0.2) is 31.4 Å². The quantitative estimate of drug-likeness (QED) is 0.487. The van der Waals surface area contributed by atoms with E-state index in [0.29, 0.717) is 30.0 Å². The zero-order valence-electron chi connectivity index (χ0n) is 13.4. The van der Waals surface area contributed by atoms with Gasteiger partial charge in [0.15, 0.2) is 11.5 Å². The Morgan fingerprint density at radius 3 is 2.68 bits per heavy atom. The van der Waals surface area contributed by atoms with Crippen LogP contribution in [0.25, 0.3) is 0 Å². The molecule has 0 radical (unpaired) electrons. The first kappa shape index (κ1) is 16.5. The van der Waals surface area contributed by atoms with Crippen LogP contribution in [0.4, 0.5) is 0 Å². The predicted octanol–water partition coefficient (Wildman–Crippen LogP) is 1.22. The van der Waals surface area contributed by atoms with E-state index in [1.54, 1.807) is 18.2 Å². The largest absolute Gasteiger partial charge is 0.454 e. The average molecular weight is 339 g/mol. The molecule has 7 heteroatoms. The van der Waals surface area contributed by atoms with Gasteiger partial charge in [-0.05, 0) is 35.7 Å². The molecule has 0 unspecified atom stereocenters. The van der Waals surface area contributed by atoms with Crippen LogP contribution in [0.3, 0.4) is 0 Å². The van der Waals surface area contributed by atoms with Crippen LogP contribution in [0, 0.1) is 0 Å². The van der Waals surface area contributed by atoms with Crippen LogP contribution < -0.4 is 20.2 Å². The number of fused-ring (bicyclic) bond motifs is 1. The summed E-state index contributed by atoms with van der Waals surface area (Å²) in [5, 5.41) is 6.32. The van der Waals surface area contributed by atoms with Gasteiger partial charge in [0, 0.05) is 6.54 Å². The Kier molecular flexibility index (Phi) is 5.26. The lowest BCUT2D eigenvalue weighted by Crippen LogP contribution is -2.38. The molecule has 1 aliphatic rings. The third kappa shape index (κ3) is 4.57. The van der Waals surface area contributed by atoms with Crippen molar-refractivity contribution in [2.24, 2.45) is 5.10 Å². The first-order valence-corrected chi connectivity index (χ1v) is 7.77. The second-order valence-electron chi connectivity index (χ2n) is 5.30. The summed E-state index contributed by atoms with van der Waals surface area (Å²) in [7, 11) is 0. The van der Waals surface area contributed by atoms with Gasteiger partial charge in [0.2, 0.25) is 6.79 Å². The summed E-state index contributed by atoms with van der Waals surface area (Å²) < 4.78 is 10.5. The van der Waals surface area contributed by atoms with Gasteiger partial charge in [-0.1, -0.05) is 30.3 Å². The first-order valence-electron chi connectivity index (χ1n) is 7.77. The first-order chi connectivity index (χ1) is 12.2. The van der Waals surface area contributed by atoms with Crippen LogP contribution in [0.1, 0.15) is 11.1 Å². The van der Waals surface area contributed by atoms with E-state index in [9.17, 15) is 9.59 Å². The highest BCUT2D eigenvalue weighted by Gasteiger charge is 2.13. The highest BCUT2D eigenvalue weighted by molar-refractivity contribution is 6.35. The van der Waals surface area contributed by atoms with Crippen molar-refractivity contribution in [3.05, 3.63) is 59.7 Å². The molecule has 0 saturated heterocycles. The molecule has 1 aliphatic heterocycles. The lowest BCUT2D eigenvalue weighted by molar-refractivity contribution is -0.139. The number of amides is 2. The molecule has 1 heterocycles. The van der Waals surface area contributed by atoms with Gasteiger partial charge >= 0.3 is 11.8 Å². The molecule has 0 saturated carbocycles. The molecule has 25 heavy (non-hydrogen) atoms. The highest BCUT2D eigenvalue weighted by Crippen LogP contribution is 2.31. The Morgan fingerprint density at radius 2 is 1.84 bits per heavy atom. The summed E-state index contributed by atoms with van der Waals surface area (Å²) >= 11 is 0. The summed E-state index contributed by atoms with van der Waals surface area (Å²) in [4.78, 5) is 23.4. The fraction of sp³-hybridized carbons (Fsp3) is 0.167. The van der Waals surface area contributed by atoms with Gasteiger partial charge in [-0.15, -0.1) is 0 Å². The van der Waals surface area contributed by atoms with Crippen LogP contribution in [-0.2, 0) is 16.0 Å². The average Bonchev–Trinajstić information content (AvgIpc) is 3.10. The number of nitrogens with zero attached hydrogens (tertiary/aromatic N) is 1. The third-order valence-electron chi connectivity index (χ3n) is 3.52. The number of rotatable bonds is 5. The van der Waals surface area contributed by atoms with Crippen LogP contribution >= 0.6 is 0 Å². The van der Waals surface area contributed by atoms with Gasteiger partial charge in [-0.3, -0.25) is 9.59 Å². The topological polar surface area (TPSA) is 89.0 Å². The Bertz CT molecular complexity index is 790. The molecule has 0 aliphatic carbocycles. The minimum Gasteiger partial charge on any atom is -0.454 e. The van der Waals surface area contributed by atoms with Crippen molar-refractivity contribution < 1.29 is 19.1 Å². The second kappa shape index (κ2) is 7.96. The van der Waals surface area contributed by atoms with Crippen molar-refractivity contribution in [2.45, 2.75) is 6.42 Å². The maximum Gasteiger partial charge on any atom is 0.329 e. The number of carbonyl (C=O) groups is 2. The molecular formula is C18H17N3O4. The minimum atomic E-state index is -0.815. The van der Waals surface area contributed by atoms with Crippen molar-refractivity contribution in [2.75, 3.05) is 13.3 Å². The van der Waals surface area contributed by atoms with Gasteiger partial charge in [0.1, 0.15) is 0 Å². The molecule has 0 spiro atoms. The smallest absolute Gasteiger partial charge is 0.329 e. The van der Waals surface area contributed by atoms with Gasteiger partial charge in [-0.2, -0.15) is 5.10 Å². The van der Waals surface area contributed by atoms with E-state index < -0.39 is 11.8 Å². The number of carbonyl (C=O) groups excluding carboxylic acids is 2. The Morgan fingerprint density at radius 1 is 1.04 bits per heavy atom. The molecule has 2 aromatic rings. The highest BCUT2D eigenvalue weighted by atomic mass is 16.7. The molecule has 7 nitrogen and oxygen atoms in total. The third-order valence-corrected chi connectivity index (χ3v) is 3.52. The van der Waals surface area contributed by atoms with Crippen LogP contribution in [0.5, 0.6) is 11.5 Å². The van der Waals surface area contributed by atoms with Gasteiger partial charge in [0.05, 0.1) is 6.21 Å². The number of nitrogens with one attached hydrogen (secondary N) is 2. The fourth-order valence-electron chi connectivity index (χ4n) is 2.25.